The third-order valence-corrected chi connectivity index (χ3v) is 5.54. The number of halogens is 1. The summed E-state index contributed by atoms with van der Waals surface area (Å²) in [5.41, 5.74) is 1.77. The molecule has 1 aliphatic carbocycles. The van der Waals surface area contributed by atoms with Crippen LogP contribution in [-0.2, 0) is 13.1 Å². The fourth-order valence-corrected chi connectivity index (χ4v) is 3.83. The van der Waals surface area contributed by atoms with Crippen molar-refractivity contribution in [1.29, 1.82) is 0 Å². The molecule has 146 valence electrons. The molecule has 2 aromatic carbocycles. The molecule has 6 nitrogen and oxygen atoms in total. The standard InChI is InChI=1S/C22H19ClN4O2/c23-17-7-4-8-18(11-17)27-20-19(21(28)26(22(27)29)13-16-9-10-16)25(14-24-20)12-15-5-2-1-3-6-15/h1-8,11,14,16H,9-10,12-13H2. The second-order valence-electron chi connectivity index (χ2n) is 7.49. The van der Waals surface area contributed by atoms with Crippen LogP contribution in [0.25, 0.3) is 16.9 Å². The van der Waals surface area contributed by atoms with Crippen molar-refractivity contribution in [1.82, 2.24) is 18.7 Å². The maximum absolute atomic E-state index is 13.3. The Morgan fingerprint density at radius 3 is 2.55 bits per heavy atom. The van der Waals surface area contributed by atoms with Gasteiger partial charge in [0.1, 0.15) is 0 Å². The summed E-state index contributed by atoms with van der Waals surface area (Å²) in [6.07, 6.45) is 3.72. The number of nitrogens with zero attached hydrogens (tertiary/aromatic N) is 4. The molecule has 2 aromatic heterocycles. The van der Waals surface area contributed by atoms with E-state index in [1.807, 2.05) is 34.9 Å². The zero-order chi connectivity index (χ0) is 20.0. The van der Waals surface area contributed by atoms with E-state index in [9.17, 15) is 9.59 Å². The van der Waals surface area contributed by atoms with Crippen LogP contribution in [0.2, 0.25) is 5.02 Å². The Morgan fingerprint density at radius 2 is 1.83 bits per heavy atom. The van der Waals surface area contributed by atoms with Gasteiger partial charge < -0.3 is 4.57 Å². The van der Waals surface area contributed by atoms with Crippen molar-refractivity contribution in [3.63, 3.8) is 0 Å². The van der Waals surface area contributed by atoms with Crippen molar-refractivity contribution in [3.8, 4) is 5.69 Å². The Hall–Kier alpha value is -3.12. The maximum Gasteiger partial charge on any atom is 0.337 e. The second-order valence-corrected chi connectivity index (χ2v) is 7.92. The fraction of sp³-hybridized carbons (Fsp3) is 0.227. The van der Waals surface area contributed by atoms with Crippen LogP contribution in [0.4, 0.5) is 0 Å². The fourth-order valence-electron chi connectivity index (χ4n) is 3.65. The van der Waals surface area contributed by atoms with Crippen LogP contribution < -0.4 is 11.2 Å². The number of aromatic nitrogens is 4. The van der Waals surface area contributed by atoms with E-state index in [4.69, 9.17) is 11.6 Å². The molecule has 0 amide bonds. The molecule has 1 fully saturated rings. The predicted molar refractivity (Wildman–Crippen MR) is 113 cm³/mol. The molecule has 0 N–H and O–H groups in total. The highest BCUT2D eigenvalue weighted by Gasteiger charge is 2.26. The topological polar surface area (TPSA) is 61.8 Å². The molecule has 0 atom stereocenters. The average Bonchev–Trinajstić information content (AvgIpc) is 3.45. The summed E-state index contributed by atoms with van der Waals surface area (Å²) in [6.45, 7) is 0.939. The first-order chi connectivity index (χ1) is 14.1. The molecule has 0 saturated heterocycles. The number of hydrogen-bond acceptors (Lipinski definition) is 3. The zero-order valence-corrected chi connectivity index (χ0v) is 16.4. The van der Waals surface area contributed by atoms with E-state index in [2.05, 4.69) is 4.98 Å². The van der Waals surface area contributed by atoms with Gasteiger partial charge >= 0.3 is 5.69 Å². The highest BCUT2D eigenvalue weighted by Crippen LogP contribution is 2.30. The van der Waals surface area contributed by atoms with Gasteiger partial charge in [0.25, 0.3) is 5.56 Å². The lowest BCUT2D eigenvalue weighted by Gasteiger charge is -2.13. The van der Waals surface area contributed by atoms with Crippen molar-refractivity contribution < 1.29 is 0 Å². The number of imidazole rings is 1. The third-order valence-electron chi connectivity index (χ3n) is 5.30. The van der Waals surface area contributed by atoms with E-state index >= 15 is 0 Å². The minimum atomic E-state index is -0.373. The van der Waals surface area contributed by atoms with Crippen molar-refractivity contribution in [2.24, 2.45) is 5.92 Å². The summed E-state index contributed by atoms with van der Waals surface area (Å²) < 4.78 is 4.66. The number of fused-ring (bicyclic) bond motifs is 1. The third kappa shape index (κ3) is 3.29. The molecule has 0 bridgehead atoms. The largest absolute Gasteiger partial charge is 0.337 e. The van der Waals surface area contributed by atoms with E-state index in [0.717, 1.165) is 18.4 Å². The van der Waals surface area contributed by atoms with Gasteiger partial charge in [0.15, 0.2) is 11.2 Å². The molecule has 0 spiro atoms. The highest BCUT2D eigenvalue weighted by molar-refractivity contribution is 6.30. The van der Waals surface area contributed by atoms with Crippen LogP contribution in [0.15, 0.2) is 70.5 Å². The number of hydrogen-bond donors (Lipinski definition) is 0. The van der Waals surface area contributed by atoms with E-state index < -0.39 is 0 Å². The van der Waals surface area contributed by atoms with E-state index in [0.29, 0.717) is 40.9 Å². The van der Waals surface area contributed by atoms with Gasteiger partial charge in [-0.3, -0.25) is 9.36 Å². The first kappa shape index (κ1) is 17.9. The Morgan fingerprint density at radius 1 is 1.03 bits per heavy atom. The van der Waals surface area contributed by atoms with E-state index in [1.54, 1.807) is 30.6 Å². The minimum Gasteiger partial charge on any atom is -0.320 e. The molecule has 0 unspecified atom stereocenters. The first-order valence-electron chi connectivity index (χ1n) is 9.62. The van der Waals surface area contributed by atoms with Gasteiger partial charge in [0.2, 0.25) is 0 Å². The van der Waals surface area contributed by atoms with Crippen molar-refractivity contribution in [2.75, 3.05) is 0 Å². The first-order valence-corrected chi connectivity index (χ1v) is 10.00. The minimum absolute atomic E-state index is 0.288. The van der Waals surface area contributed by atoms with Crippen molar-refractivity contribution in [3.05, 3.63) is 92.3 Å². The SMILES string of the molecule is O=c1c2c(ncn2Cc2ccccc2)n(-c2cccc(Cl)c2)c(=O)n1CC1CC1. The summed E-state index contributed by atoms with van der Waals surface area (Å²) in [4.78, 5) is 31.0. The van der Waals surface area contributed by atoms with Gasteiger partial charge in [-0.25, -0.2) is 14.3 Å². The number of rotatable bonds is 5. The normalized spacial score (nSPS) is 13.8. The molecule has 0 aliphatic heterocycles. The molecule has 1 saturated carbocycles. The lowest BCUT2D eigenvalue weighted by atomic mass is 10.2. The van der Waals surface area contributed by atoms with Crippen LogP contribution in [-0.4, -0.2) is 18.7 Å². The Bertz CT molecular complexity index is 1320. The molecule has 7 heteroatoms. The summed E-state index contributed by atoms with van der Waals surface area (Å²) in [7, 11) is 0. The van der Waals surface area contributed by atoms with E-state index in [-0.39, 0.29) is 11.2 Å². The van der Waals surface area contributed by atoms with Gasteiger partial charge in [0.05, 0.1) is 12.0 Å². The smallest absolute Gasteiger partial charge is 0.320 e. The zero-order valence-electron chi connectivity index (χ0n) is 15.7. The van der Waals surface area contributed by atoms with Crippen LogP contribution in [0.3, 0.4) is 0 Å². The lowest BCUT2D eigenvalue weighted by molar-refractivity contribution is 0.567. The molecule has 4 aromatic rings. The Balaban J connectivity index is 1.77. The molecular formula is C22H19ClN4O2. The van der Waals surface area contributed by atoms with Gasteiger partial charge in [-0.05, 0) is 42.5 Å². The predicted octanol–water partition coefficient (Wildman–Crippen LogP) is 3.46. The Kier molecular flexibility index (Phi) is 4.36. The van der Waals surface area contributed by atoms with E-state index in [1.165, 1.54) is 9.13 Å². The second kappa shape index (κ2) is 7.04. The molecular weight excluding hydrogens is 388 g/mol. The summed E-state index contributed by atoms with van der Waals surface area (Å²) in [5, 5.41) is 0.520. The summed E-state index contributed by atoms with van der Waals surface area (Å²) in [5.74, 6) is 0.385. The average molecular weight is 407 g/mol. The van der Waals surface area contributed by atoms with Gasteiger partial charge in [-0.1, -0.05) is 48.0 Å². The molecule has 5 rings (SSSR count). The van der Waals surface area contributed by atoms with Crippen LogP contribution in [0.5, 0.6) is 0 Å². The molecule has 1 aliphatic rings. The summed E-state index contributed by atoms with van der Waals surface area (Å²) >= 11 is 6.17. The molecule has 0 radical (unpaired) electrons. The van der Waals surface area contributed by atoms with Gasteiger partial charge in [-0.2, -0.15) is 0 Å². The molecule has 2 heterocycles. The van der Waals surface area contributed by atoms with Crippen LogP contribution in [0, 0.1) is 5.92 Å². The van der Waals surface area contributed by atoms with Gasteiger partial charge in [-0.15, -0.1) is 0 Å². The lowest BCUT2D eigenvalue weighted by Crippen LogP contribution is -2.40. The Labute approximate surface area is 171 Å². The van der Waals surface area contributed by atoms with Crippen molar-refractivity contribution in [2.45, 2.75) is 25.9 Å². The quantitative estimate of drug-likeness (QED) is 0.510. The van der Waals surface area contributed by atoms with Crippen LogP contribution >= 0.6 is 11.6 Å². The molecule has 29 heavy (non-hydrogen) atoms. The number of benzene rings is 2. The monoisotopic (exact) mass is 406 g/mol. The van der Waals surface area contributed by atoms with Gasteiger partial charge in [0, 0.05) is 18.1 Å². The van der Waals surface area contributed by atoms with Crippen molar-refractivity contribution >= 4 is 22.8 Å². The van der Waals surface area contributed by atoms with Crippen LogP contribution in [0.1, 0.15) is 18.4 Å². The highest BCUT2D eigenvalue weighted by atomic mass is 35.5. The summed E-state index contributed by atoms with van der Waals surface area (Å²) in [6, 6.07) is 16.9. The maximum atomic E-state index is 13.3.